The third-order valence-electron chi connectivity index (χ3n) is 6.10. The molecule has 0 saturated carbocycles. The summed E-state index contributed by atoms with van der Waals surface area (Å²) in [6, 6.07) is 15.8. The first kappa shape index (κ1) is 23.9. The summed E-state index contributed by atoms with van der Waals surface area (Å²) in [5, 5.41) is 11.0. The van der Waals surface area contributed by atoms with Crippen molar-refractivity contribution in [3.8, 4) is 28.6 Å². The maximum Gasteiger partial charge on any atom is 0.255 e. The van der Waals surface area contributed by atoms with Gasteiger partial charge in [-0.05, 0) is 37.3 Å². The van der Waals surface area contributed by atoms with Crippen molar-refractivity contribution < 1.29 is 19.0 Å². The number of para-hydroxylation sites is 3. The summed E-state index contributed by atoms with van der Waals surface area (Å²) in [5.41, 5.74) is 3.05. The van der Waals surface area contributed by atoms with Crippen LogP contribution in [-0.2, 0) is 4.79 Å². The van der Waals surface area contributed by atoms with Crippen LogP contribution in [0.25, 0.3) is 11.4 Å². The Morgan fingerprint density at radius 3 is 2.49 bits per heavy atom. The van der Waals surface area contributed by atoms with Crippen LogP contribution in [0.5, 0.6) is 17.2 Å². The van der Waals surface area contributed by atoms with Crippen LogP contribution in [0.1, 0.15) is 18.5 Å². The number of nitrogens with one attached hydrogen (secondary N) is 2. The van der Waals surface area contributed by atoms with Crippen molar-refractivity contribution in [3.63, 3.8) is 0 Å². The van der Waals surface area contributed by atoms with Gasteiger partial charge in [-0.25, -0.2) is 4.68 Å². The van der Waals surface area contributed by atoms with Gasteiger partial charge in [0.1, 0.15) is 11.8 Å². The van der Waals surface area contributed by atoms with Crippen molar-refractivity contribution in [2.24, 2.45) is 0 Å². The minimum Gasteiger partial charge on any atom is -0.495 e. The predicted octanol–water partition coefficient (Wildman–Crippen LogP) is 4.29. The van der Waals surface area contributed by atoms with E-state index in [4.69, 9.17) is 24.3 Å². The van der Waals surface area contributed by atoms with Crippen LogP contribution in [0.2, 0.25) is 0 Å². The molecule has 5 rings (SSSR count). The number of anilines is 2. The Hall–Kier alpha value is -4.86. The molecule has 0 spiro atoms. The molecule has 0 fully saturated rings. The maximum atomic E-state index is 13.9. The van der Waals surface area contributed by atoms with Gasteiger partial charge in [0.05, 0.1) is 32.6 Å². The number of methoxy groups -OCH3 is 3. The van der Waals surface area contributed by atoms with E-state index < -0.39 is 6.04 Å². The molecule has 3 heterocycles. The average molecular weight is 499 g/mol. The van der Waals surface area contributed by atoms with Gasteiger partial charge in [0, 0.05) is 29.2 Å². The lowest BCUT2D eigenvalue weighted by Crippen LogP contribution is -2.32. The second-order valence-electron chi connectivity index (χ2n) is 8.25. The molecule has 2 N–H and O–H groups in total. The van der Waals surface area contributed by atoms with Crippen molar-refractivity contribution in [1.29, 1.82) is 0 Å². The van der Waals surface area contributed by atoms with Crippen molar-refractivity contribution in [1.82, 2.24) is 19.7 Å². The van der Waals surface area contributed by atoms with E-state index in [9.17, 15) is 4.79 Å². The fourth-order valence-electron chi connectivity index (χ4n) is 4.41. The first-order chi connectivity index (χ1) is 18.0. The lowest BCUT2D eigenvalue weighted by molar-refractivity contribution is -0.113. The molecule has 1 unspecified atom stereocenters. The molecule has 1 aliphatic rings. The highest BCUT2D eigenvalue weighted by atomic mass is 16.5. The SMILES string of the molecule is COc1ccccc1NC(=O)C1=C(C)Nc2nc(-c3cccnc3)nn2C1c1cccc(OC)c1OC. The summed E-state index contributed by atoms with van der Waals surface area (Å²) < 4.78 is 18.4. The van der Waals surface area contributed by atoms with Gasteiger partial charge in [-0.1, -0.05) is 24.3 Å². The molecule has 0 bridgehead atoms. The number of allylic oxidation sites excluding steroid dienone is 1. The van der Waals surface area contributed by atoms with E-state index in [2.05, 4.69) is 15.6 Å². The van der Waals surface area contributed by atoms with Gasteiger partial charge < -0.3 is 24.8 Å². The topological polar surface area (TPSA) is 112 Å². The Bertz CT molecular complexity index is 1480. The Morgan fingerprint density at radius 2 is 1.76 bits per heavy atom. The lowest BCUT2D eigenvalue weighted by atomic mass is 9.94. The molecule has 1 aliphatic heterocycles. The number of nitrogens with zero attached hydrogens (tertiary/aromatic N) is 4. The molecule has 1 amide bonds. The van der Waals surface area contributed by atoms with E-state index in [-0.39, 0.29) is 5.91 Å². The van der Waals surface area contributed by atoms with Crippen LogP contribution in [0.15, 0.2) is 78.3 Å². The molecule has 0 aliphatic carbocycles. The number of pyridine rings is 1. The quantitative estimate of drug-likeness (QED) is 0.388. The standard InChI is InChI=1S/C27H26N6O4/c1-16-22(26(34)30-19-11-5-6-12-20(19)35-2)23(18-10-7-13-21(36-3)24(18)37-4)33-27(29-16)31-25(32-33)17-9-8-14-28-15-17/h5-15,23H,1-4H3,(H,30,34)(H,29,31,32). The van der Waals surface area contributed by atoms with Gasteiger partial charge >= 0.3 is 0 Å². The van der Waals surface area contributed by atoms with E-state index in [0.29, 0.717) is 51.5 Å². The highest BCUT2D eigenvalue weighted by molar-refractivity contribution is 6.06. The van der Waals surface area contributed by atoms with Crippen LogP contribution in [0.3, 0.4) is 0 Å². The fraction of sp³-hybridized carbons (Fsp3) is 0.185. The number of ether oxygens (including phenoxy) is 3. The largest absolute Gasteiger partial charge is 0.495 e. The monoisotopic (exact) mass is 498 g/mol. The molecule has 2 aromatic carbocycles. The summed E-state index contributed by atoms with van der Waals surface area (Å²) in [6.07, 6.45) is 3.38. The molecular formula is C27H26N6O4. The number of amides is 1. The third kappa shape index (κ3) is 4.33. The predicted molar refractivity (Wildman–Crippen MR) is 139 cm³/mol. The van der Waals surface area contributed by atoms with Gasteiger partial charge in [0.25, 0.3) is 5.91 Å². The third-order valence-corrected chi connectivity index (χ3v) is 6.10. The molecule has 10 heteroatoms. The zero-order valence-electron chi connectivity index (χ0n) is 20.9. The van der Waals surface area contributed by atoms with E-state index in [1.165, 1.54) is 0 Å². The molecule has 1 atom stereocenters. The van der Waals surface area contributed by atoms with Gasteiger partial charge in [-0.3, -0.25) is 9.78 Å². The number of carbonyl (C=O) groups excluding carboxylic acids is 1. The Labute approximate surface area is 213 Å². The van der Waals surface area contributed by atoms with Crippen molar-refractivity contribution in [2.75, 3.05) is 32.0 Å². The summed E-state index contributed by atoms with van der Waals surface area (Å²) in [5.74, 6) is 2.22. The Kier molecular flexibility index (Phi) is 6.46. The number of hydrogen-bond acceptors (Lipinski definition) is 8. The van der Waals surface area contributed by atoms with Crippen molar-refractivity contribution in [3.05, 3.63) is 83.8 Å². The summed E-state index contributed by atoms with van der Waals surface area (Å²) in [4.78, 5) is 22.7. The van der Waals surface area contributed by atoms with Crippen LogP contribution in [-0.4, -0.2) is 47.0 Å². The van der Waals surface area contributed by atoms with Crippen molar-refractivity contribution in [2.45, 2.75) is 13.0 Å². The molecule has 37 heavy (non-hydrogen) atoms. The number of aromatic nitrogens is 4. The first-order valence-corrected chi connectivity index (χ1v) is 11.6. The highest BCUT2D eigenvalue weighted by Gasteiger charge is 2.37. The number of hydrogen-bond donors (Lipinski definition) is 2. The second kappa shape index (κ2) is 10.0. The minimum atomic E-state index is -0.672. The lowest BCUT2D eigenvalue weighted by Gasteiger charge is -2.30. The van der Waals surface area contributed by atoms with Crippen LogP contribution in [0, 0.1) is 0 Å². The first-order valence-electron chi connectivity index (χ1n) is 11.6. The average Bonchev–Trinajstić information content (AvgIpc) is 3.36. The number of carbonyl (C=O) groups is 1. The second-order valence-corrected chi connectivity index (χ2v) is 8.25. The fourth-order valence-corrected chi connectivity index (χ4v) is 4.41. The zero-order valence-corrected chi connectivity index (χ0v) is 20.9. The summed E-state index contributed by atoms with van der Waals surface area (Å²) in [6.45, 7) is 1.83. The number of fused-ring (bicyclic) bond motifs is 1. The van der Waals surface area contributed by atoms with E-state index in [1.54, 1.807) is 56.6 Å². The Balaban J connectivity index is 1.67. The summed E-state index contributed by atoms with van der Waals surface area (Å²) >= 11 is 0. The number of rotatable bonds is 7. The minimum absolute atomic E-state index is 0.326. The Morgan fingerprint density at radius 1 is 0.973 bits per heavy atom. The number of benzene rings is 2. The van der Waals surface area contributed by atoms with E-state index in [1.807, 2.05) is 43.3 Å². The summed E-state index contributed by atoms with van der Waals surface area (Å²) in [7, 11) is 4.70. The molecule has 10 nitrogen and oxygen atoms in total. The molecule has 0 radical (unpaired) electrons. The van der Waals surface area contributed by atoms with Gasteiger partial charge in [-0.15, -0.1) is 5.10 Å². The van der Waals surface area contributed by atoms with E-state index in [0.717, 1.165) is 5.56 Å². The molecule has 4 aromatic rings. The molecule has 0 saturated heterocycles. The smallest absolute Gasteiger partial charge is 0.255 e. The van der Waals surface area contributed by atoms with Gasteiger partial charge in [-0.2, -0.15) is 4.98 Å². The van der Waals surface area contributed by atoms with Crippen molar-refractivity contribution >= 4 is 17.5 Å². The highest BCUT2D eigenvalue weighted by Crippen LogP contribution is 2.43. The van der Waals surface area contributed by atoms with Crippen LogP contribution in [0.4, 0.5) is 11.6 Å². The normalized spacial score (nSPS) is 14.4. The molecular weight excluding hydrogens is 472 g/mol. The maximum absolute atomic E-state index is 13.9. The molecule has 188 valence electrons. The van der Waals surface area contributed by atoms with E-state index >= 15 is 0 Å². The van der Waals surface area contributed by atoms with Crippen LogP contribution >= 0.6 is 0 Å². The van der Waals surface area contributed by atoms with Gasteiger partial charge in [0.15, 0.2) is 17.3 Å². The zero-order chi connectivity index (χ0) is 25.9. The van der Waals surface area contributed by atoms with Crippen LogP contribution < -0.4 is 24.8 Å². The van der Waals surface area contributed by atoms with Gasteiger partial charge in [0.2, 0.25) is 5.95 Å². The molecule has 2 aromatic heterocycles.